The first-order chi connectivity index (χ1) is 16.9. The van der Waals surface area contributed by atoms with Gasteiger partial charge < -0.3 is 15.2 Å². The second kappa shape index (κ2) is 11.3. The molecule has 1 amide bonds. The Bertz CT molecular complexity index is 1330. The van der Waals surface area contributed by atoms with Crippen molar-refractivity contribution in [1.82, 2.24) is 9.66 Å². The van der Waals surface area contributed by atoms with E-state index in [9.17, 15) is 9.59 Å². The molecule has 8 nitrogen and oxygen atoms in total. The van der Waals surface area contributed by atoms with Gasteiger partial charge >= 0.3 is 0 Å². The van der Waals surface area contributed by atoms with E-state index in [4.69, 9.17) is 20.2 Å². The Labute approximate surface area is 219 Å². The number of hydrogen-bond acceptors (Lipinski definition) is 6. The third kappa shape index (κ3) is 5.92. The molecule has 1 aliphatic rings. The predicted octanol–water partition coefficient (Wildman–Crippen LogP) is 5.11. The summed E-state index contributed by atoms with van der Waals surface area (Å²) in [6, 6.07) is 9.04. The summed E-state index contributed by atoms with van der Waals surface area (Å²) in [6.45, 7) is 1.97. The van der Waals surface area contributed by atoms with E-state index < -0.39 is 5.91 Å². The third-order valence-electron chi connectivity index (χ3n) is 5.82. The number of carbonyl (C=O) groups is 1. The first kappa shape index (κ1) is 25.4. The van der Waals surface area contributed by atoms with Crippen molar-refractivity contribution in [2.45, 2.75) is 44.9 Å². The number of rotatable bonds is 8. The smallest absolute Gasteiger partial charge is 0.282 e. The molecule has 0 spiro atoms. The third-order valence-corrected chi connectivity index (χ3v) is 6.90. The number of fused-ring (bicyclic) bond motifs is 1. The normalized spacial score (nSPS) is 14.5. The van der Waals surface area contributed by atoms with Gasteiger partial charge in [-0.1, -0.05) is 35.2 Å². The Morgan fingerprint density at radius 3 is 2.69 bits per heavy atom. The van der Waals surface area contributed by atoms with Gasteiger partial charge in [-0.05, 0) is 71.6 Å². The van der Waals surface area contributed by atoms with E-state index in [-0.39, 0.29) is 18.1 Å². The lowest BCUT2D eigenvalue weighted by Crippen LogP contribution is -2.25. The van der Waals surface area contributed by atoms with Gasteiger partial charge in [0.15, 0.2) is 18.1 Å². The van der Waals surface area contributed by atoms with Gasteiger partial charge in [-0.15, -0.1) is 0 Å². The number of carbonyl (C=O) groups excluding carboxylic acids is 1. The average molecular weight is 606 g/mol. The van der Waals surface area contributed by atoms with Gasteiger partial charge in [0.2, 0.25) is 0 Å². The molecule has 2 N–H and O–H groups in total. The summed E-state index contributed by atoms with van der Waals surface area (Å²) in [5.74, 6) is 1.09. The molecule has 0 saturated heterocycles. The van der Waals surface area contributed by atoms with Crippen LogP contribution in [0.5, 0.6) is 11.5 Å². The van der Waals surface area contributed by atoms with Crippen LogP contribution >= 0.6 is 31.9 Å². The lowest BCUT2D eigenvalue weighted by Gasteiger charge is -2.22. The molecular weight excluding hydrogens is 580 g/mol. The van der Waals surface area contributed by atoms with Gasteiger partial charge in [0.1, 0.15) is 5.82 Å². The van der Waals surface area contributed by atoms with Crippen LogP contribution in [0.3, 0.4) is 0 Å². The minimum atomic E-state index is -0.588. The van der Waals surface area contributed by atoms with Gasteiger partial charge in [0.25, 0.3) is 11.5 Å². The number of halogens is 2. The first-order valence-corrected chi connectivity index (χ1v) is 13.1. The topological polar surface area (TPSA) is 109 Å². The van der Waals surface area contributed by atoms with E-state index >= 15 is 0 Å². The molecular formula is C25H26Br2N4O4. The van der Waals surface area contributed by atoms with Gasteiger partial charge in [-0.3, -0.25) is 9.59 Å². The lowest BCUT2D eigenvalue weighted by atomic mass is 9.88. The van der Waals surface area contributed by atoms with E-state index in [2.05, 4.69) is 37.0 Å². The monoisotopic (exact) mass is 604 g/mol. The van der Waals surface area contributed by atoms with Crippen molar-refractivity contribution in [3.63, 3.8) is 0 Å². The minimum Gasteiger partial charge on any atom is -0.490 e. The molecule has 2 aromatic carbocycles. The molecule has 1 heterocycles. The number of ether oxygens (including phenoxy) is 2. The maximum absolute atomic E-state index is 13.5. The molecule has 184 valence electrons. The molecule has 1 aliphatic carbocycles. The zero-order valence-corrected chi connectivity index (χ0v) is 22.5. The fourth-order valence-corrected chi connectivity index (χ4v) is 5.17. The van der Waals surface area contributed by atoms with Crippen molar-refractivity contribution in [2.75, 3.05) is 13.2 Å². The summed E-state index contributed by atoms with van der Waals surface area (Å²) in [5, 5.41) is 5.09. The number of primary amides is 1. The summed E-state index contributed by atoms with van der Waals surface area (Å²) in [5.41, 5.74) is 6.35. The van der Waals surface area contributed by atoms with E-state index in [1.165, 1.54) is 11.1 Å². The molecule has 0 unspecified atom stereocenters. The van der Waals surface area contributed by atoms with Crippen LogP contribution < -0.4 is 20.8 Å². The quantitative estimate of drug-likeness (QED) is 0.359. The van der Waals surface area contributed by atoms with E-state index in [0.29, 0.717) is 44.9 Å². The highest BCUT2D eigenvalue weighted by atomic mass is 79.9. The van der Waals surface area contributed by atoms with Crippen molar-refractivity contribution in [1.29, 1.82) is 0 Å². The molecule has 3 aromatic rings. The van der Waals surface area contributed by atoms with Crippen LogP contribution in [-0.4, -0.2) is 35.0 Å². The van der Waals surface area contributed by atoms with E-state index in [0.717, 1.165) is 30.2 Å². The molecule has 1 aromatic heterocycles. The Morgan fingerprint density at radius 1 is 1.20 bits per heavy atom. The second-order valence-electron chi connectivity index (χ2n) is 8.35. The summed E-state index contributed by atoms with van der Waals surface area (Å²) in [4.78, 5) is 29.5. The lowest BCUT2D eigenvalue weighted by molar-refractivity contribution is -0.119. The summed E-state index contributed by atoms with van der Waals surface area (Å²) in [6.07, 6.45) is 6.99. The SMILES string of the molecule is CCOc1cc(C=Nn2c(C3CCCCC3)nc3ccc(Br)cc3c2=O)cc(Br)c1OCC(N)=O. The molecule has 0 atom stereocenters. The van der Waals surface area contributed by atoms with Gasteiger partial charge in [0.05, 0.1) is 28.2 Å². The standard InChI is InChI=1S/C25H26Br2N4O4/c1-2-34-21-11-15(10-19(27)23(21)35-14-22(28)32)13-29-31-24(16-6-4-3-5-7-16)30-20-9-8-17(26)12-18(20)25(31)33/h8-13,16H,2-7,14H2,1H3,(H2,28,32). The highest BCUT2D eigenvalue weighted by molar-refractivity contribution is 9.10. The van der Waals surface area contributed by atoms with Crippen molar-refractivity contribution in [2.24, 2.45) is 10.8 Å². The van der Waals surface area contributed by atoms with Crippen molar-refractivity contribution in [3.8, 4) is 11.5 Å². The summed E-state index contributed by atoms with van der Waals surface area (Å²) in [7, 11) is 0. The van der Waals surface area contributed by atoms with Crippen LogP contribution in [0.1, 0.15) is 56.3 Å². The van der Waals surface area contributed by atoms with E-state index in [1.54, 1.807) is 24.4 Å². The van der Waals surface area contributed by atoms with Crippen molar-refractivity contribution >= 4 is 54.9 Å². The Hall–Kier alpha value is -2.72. The Balaban J connectivity index is 1.78. The Kier molecular flexibility index (Phi) is 8.22. The van der Waals surface area contributed by atoms with E-state index in [1.807, 2.05) is 19.1 Å². The van der Waals surface area contributed by atoms with Crippen LogP contribution in [0.25, 0.3) is 10.9 Å². The zero-order valence-electron chi connectivity index (χ0n) is 19.3. The molecule has 0 bridgehead atoms. The number of benzene rings is 2. The van der Waals surface area contributed by atoms with Gasteiger partial charge in [-0.2, -0.15) is 9.78 Å². The van der Waals surface area contributed by atoms with Gasteiger partial charge in [-0.25, -0.2) is 4.98 Å². The molecule has 1 fully saturated rings. The fraction of sp³-hybridized carbons (Fsp3) is 0.360. The van der Waals surface area contributed by atoms with Gasteiger partial charge in [0, 0.05) is 10.4 Å². The molecule has 4 rings (SSSR count). The number of aromatic nitrogens is 2. The van der Waals surface area contributed by atoms with Crippen molar-refractivity contribution < 1.29 is 14.3 Å². The summed E-state index contributed by atoms with van der Waals surface area (Å²) < 4.78 is 14.0. The highest BCUT2D eigenvalue weighted by Crippen LogP contribution is 2.37. The summed E-state index contributed by atoms with van der Waals surface area (Å²) >= 11 is 6.92. The molecule has 1 saturated carbocycles. The van der Waals surface area contributed by atoms with Crippen LogP contribution in [0.2, 0.25) is 0 Å². The maximum Gasteiger partial charge on any atom is 0.282 e. The highest BCUT2D eigenvalue weighted by Gasteiger charge is 2.22. The van der Waals surface area contributed by atoms with Crippen LogP contribution in [0, 0.1) is 0 Å². The molecule has 10 heteroatoms. The average Bonchev–Trinajstić information content (AvgIpc) is 2.84. The van der Waals surface area contributed by atoms with Crippen LogP contribution in [-0.2, 0) is 4.79 Å². The molecule has 0 radical (unpaired) electrons. The largest absolute Gasteiger partial charge is 0.490 e. The molecule has 35 heavy (non-hydrogen) atoms. The second-order valence-corrected chi connectivity index (χ2v) is 10.1. The van der Waals surface area contributed by atoms with Crippen molar-refractivity contribution in [3.05, 3.63) is 61.0 Å². The number of amides is 1. The number of hydrogen-bond donors (Lipinski definition) is 1. The predicted molar refractivity (Wildman–Crippen MR) is 143 cm³/mol. The Morgan fingerprint density at radius 2 is 1.97 bits per heavy atom. The first-order valence-electron chi connectivity index (χ1n) is 11.5. The number of nitrogens with two attached hydrogens (primary N) is 1. The number of nitrogens with zero attached hydrogens (tertiary/aromatic N) is 3. The molecule has 0 aliphatic heterocycles. The van der Waals surface area contributed by atoms with Crippen LogP contribution in [0.4, 0.5) is 0 Å². The maximum atomic E-state index is 13.5. The fourth-order valence-electron chi connectivity index (χ4n) is 4.24. The van der Waals surface area contributed by atoms with Crippen LogP contribution in [0.15, 0.2) is 49.2 Å². The zero-order chi connectivity index (χ0) is 24.9. The minimum absolute atomic E-state index is 0.178.